The SMILES string of the molecule is C#CCN(C)c1cccc(F)c1/C=C/C(=O)O. The summed E-state index contributed by atoms with van der Waals surface area (Å²) in [7, 11) is 1.72. The van der Waals surface area contributed by atoms with Crippen molar-refractivity contribution in [2.75, 3.05) is 18.5 Å². The fourth-order valence-electron chi connectivity index (χ4n) is 1.40. The summed E-state index contributed by atoms with van der Waals surface area (Å²) < 4.78 is 13.6. The number of carbonyl (C=O) groups is 1. The van der Waals surface area contributed by atoms with Gasteiger partial charge in [0.25, 0.3) is 0 Å². The molecule has 1 aromatic carbocycles. The molecule has 0 saturated heterocycles. The first kappa shape index (κ1) is 12.8. The lowest BCUT2D eigenvalue weighted by Gasteiger charge is -2.18. The van der Waals surface area contributed by atoms with E-state index < -0.39 is 11.8 Å². The van der Waals surface area contributed by atoms with E-state index in [2.05, 4.69) is 5.92 Å². The highest BCUT2D eigenvalue weighted by Gasteiger charge is 2.09. The van der Waals surface area contributed by atoms with Gasteiger partial charge in [-0.1, -0.05) is 12.0 Å². The largest absolute Gasteiger partial charge is 0.478 e. The van der Waals surface area contributed by atoms with Gasteiger partial charge in [0.2, 0.25) is 0 Å². The predicted molar refractivity (Wildman–Crippen MR) is 65.2 cm³/mol. The number of carboxylic acid groups (broad SMARTS) is 1. The fraction of sp³-hybridized carbons (Fsp3) is 0.154. The topological polar surface area (TPSA) is 40.5 Å². The number of carboxylic acids is 1. The highest BCUT2D eigenvalue weighted by molar-refractivity contribution is 5.87. The Morgan fingerprint density at radius 2 is 2.35 bits per heavy atom. The van der Waals surface area contributed by atoms with Crippen molar-refractivity contribution in [3.63, 3.8) is 0 Å². The number of anilines is 1. The van der Waals surface area contributed by atoms with Crippen LogP contribution in [0.3, 0.4) is 0 Å². The number of terminal acetylenes is 1. The standard InChI is InChI=1S/C13H12FNO2/c1-3-9-15(2)12-6-4-5-11(14)10(12)7-8-13(16)17/h1,4-8H,9H2,2H3,(H,16,17)/b8-7+. The van der Waals surface area contributed by atoms with Gasteiger partial charge >= 0.3 is 5.97 Å². The van der Waals surface area contributed by atoms with Crippen molar-refractivity contribution in [3.8, 4) is 12.3 Å². The first-order chi connectivity index (χ1) is 8.06. The summed E-state index contributed by atoms with van der Waals surface area (Å²) in [6, 6.07) is 4.51. The molecule has 0 amide bonds. The van der Waals surface area contributed by atoms with Gasteiger partial charge in [-0.2, -0.15) is 0 Å². The molecular formula is C13H12FNO2. The molecule has 0 fully saturated rings. The molecule has 3 nitrogen and oxygen atoms in total. The maximum Gasteiger partial charge on any atom is 0.328 e. The molecule has 0 bridgehead atoms. The van der Waals surface area contributed by atoms with Crippen molar-refractivity contribution < 1.29 is 14.3 Å². The van der Waals surface area contributed by atoms with Crippen LogP contribution >= 0.6 is 0 Å². The van der Waals surface area contributed by atoms with Crippen molar-refractivity contribution in [3.05, 3.63) is 35.7 Å². The summed E-state index contributed by atoms with van der Waals surface area (Å²) in [5.74, 6) is 0.832. The molecule has 0 heterocycles. The Kier molecular flexibility index (Phi) is 4.29. The molecular weight excluding hydrogens is 221 g/mol. The van der Waals surface area contributed by atoms with E-state index in [9.17, 15) is 9.18 Å². The zero-order valence-electron chi connectivity index (χ0n) is 9.35. The third kappa shape index (κ3) is 3.35. The molecule has 0 aliphatic carbocycles. The van der Waals surface area contributed by atoms with Crippen LogP contribution in [0, 0.1) is 18.2 Å². The molecule has 0 saturated carbocycles. The fourth-order valence-corrected chi connectivity index (χ4v) is 1.40. The lowest BCUT2D eigenvalue weighted by atomic mass is 10.1. The second-order valence-electron chi connectivity index (χ2n) is 3.40. The Balaban J connectivity index is 3.17. The van der Waals surface area contributed by atoms with Crippen molar-refractivity contribution >= 4 is 17.7 Å². The maximum atomic E-state index is 13.6. The van der Waals surface area contributed by atoms with Gasteiger partial charge in [0.05, 0.1) is 6.54 Å². The molecule has 4 heteroatoms. The van der Waals surface area contributed by atoms with E-state index in [1.54, 1.807) is 24.1 Å². The summed E-state index contributed by atoms with van der Waals surface area (Å²) >= 11 is 0. The van der Waals surface area contributed by atoms with Crippen LogP contribution in [-0.4, -0.2) is 24.7 Å². The monoisotopic (exact) mass is 233 g/mol. The van der Waals surface area contributed by atoms with Gasteiger partial charge in [0.1, 0.15) is 5.82 Å². The van der Waals surface area contributed by atoms with Gasteiger partial charge in [-0.3, -0.25) is 0 Å². The van der Waals surface area contributed by atoms with E-state index in [4.69, 9.17) is 11.5 Å². The lowest BCUT2D eigenvalue weighted by molar-refractivity contribution is -0.131. The van der Waals surface area contributed by atoms with Crippen molar-refractivity contribution in [1.29, 1.82) is 0 Å². The quantitative estimate of drug-likeness (QED) is 0.638. The molecule has 0 aromatic heterocycles. The minimum absolute atomic E-state index is 0.215. The molecule has 1 rings (SSSR count). The van der Waals surface area contributed by atoms with E-state index in [0.29, 0.717) is 12.2 Å². The smallest absolute Gasteiger partial charge is 0.328 e. The summed E-state index contributed by atoms with van der Waals surface area (Å²) in [5.41, 5.74) is 0.771. The van der Waals surface area contributed by atoms with Gasteiger partial charge in [-0.05, 0) is 18.2 Å². The highest BCUT2D eigenvalue weighted by atomic mass is 19.1. The number of hydrogen-bond donors (Lipinski definition) is 1. The Morgan fingerprint density at radius 3 is 2.94 bits per heavy atom. The summed E-state index contributed by atoms with van der Waals surface area (Å²) in [6.45, 7) is 0.317. The van der Waals surface area contributed by atoms with Crippen LogP contribution in [0.25, 0.3) is 6.08 Å². The Labute approximate surface area is 99.2 Å². The first-order valence-corrected chi connectivity index (χ1v) is 4.90. The van der Waals surface area contributed by atoms with E-state index in [0.717, 1.165) is 6.08 Å². The molecule has 88 valence electrons. The first-order valence-electron chi connectivity index (χ1n) is 4.90. The number of rotatable bonds is 4. The molecule has 0 aliphatic heterocycles. The summed E-state index contributed by atoms with van der Waals surface area (Å²) in [6.07, 6.45) is 7.30. The average Bonchev–Trinajstić information content (AvgIpc) is 2.27. The number of nitrogens with zero attached hydrogens (tertiary/aromatic N) is 1. The molecule has 0 unspecified atom stereocenters. The molecule has 0 spiro atoms. The van der Waals surface area contributed by atoms with Gasteiger partial charge in [-0.15, -0.1) is 6.42 Å². The van der Waals surface area contributed by atoms with E-state index >= 15 is 0 Å². The number of hydrogen-bond acceptors (Lipinski definition) is 2. The van der Waals surface area contributed by atoms with Crippen LogP contribution in [0.2, 0.25) is 0 Å². The summed E-state index contributed by atoms with van der Waals surface area (Å²) in [5, 5.41) is 8.54. The van der Waals surface area contributed by atoms with E-state index in [-0.39, 0.29) is 5.56 Å². The molecule has 1 N–H and O–H groups in total. The third-order valence-corrected chi connectivity index (χ3v) is 2.16. The van der Waals surface area contributed by atoms with Crippen molar-refractivity contribution in [2.24, 2.45) is 0 Å². The minimum atomic E-state index is -1.13. The molecule has 17 heavy (non-hydrogen) atoms. The van der Waals surface area contributed by atoms with E-state index in [1.807, 2.05) is 0 Å². The van der Waals surface area contributed by atoms with Crippen LogP contribution in [0.5, 0.6) is 0 Å². The maximum absolute atomic E-state index is 13.6. The highest BCUT2D eigenvalue weighted by Crippen LogP contribution is 2.23. The van der Waals surface area contributed by atoms with Gasteiger partial charge in [0.15, 0.2) is 0 Å². The minimum Gasteiger partial charge on any atom is -0.478 e. The molecule has 1 aromatic rings. The Bertz CT molecular complexity index is 489. The van der Waals surface area contributed by atoms with E-state index in [1.165, 1.54) is 12.1 Å². The molecule has 0 aliphatic rings. The summed E-state index contributed by atoms with van der Waals surface area (Å²) in [4.78, 5) is 12.1. The zero-order chi connectivity index (χ0) is 12.8. The van der Waals surface area contributed by atoms with Crippen molar-refractivity contribution in [2.45, 2.75) is 0 Å². The lowest BCUT2D eigenvalue weighted by Crippen LogP contribution is -2.18. The molecule has 0 radical (unpaired) electrons. The second-order valence-corrected chi connectivity index (χ2v) is 3.40. The predicted octanol–water partition coefficient (Wildman–Crippen LogP) is 1.99. The van der Waals surface area contributed by atoms with Crippen LogP contribution in [0.4, 0.5) is 10.1 Å². The number of benzene rings is 1. The number of halogens is 1. The van der Waals surface area contributed by atoms with Gasteiger partial charge in [-0.25, -0.2) is 9.18 Å². The van der Waals surface area contributed by atoms with Crippen LogP contribution in [-0.2, 0) is 4.79 Å². The van der Waals surface area contributed by atoms with Crippen LogP contribution < -0.4 is 4.90 Å². The normalized spacial score (nSPS) is 10.2. The number of aliphatic carboxylic acids is 1. The van der Waals surface area contributed by atoms with Crippen LogP contribution in [0.15, 0.2) is 24.3 Å². The second kappa shape index (κ2) is 5.71. The zero-order valence-corrected chi connectivity index (χ0v) is 9.35. The Hall–Kier alpha value is -2.28. The van der Waals surface area contributed by atoms with Gasteiger partial charge < -0.3 is 10.0 Å². The van der Waals surface area contributed by atoms with Gasteiger partial charge in [0, 0.05) is 24.4 Å². The third-order valence-electron chi connectivity index (χ3n) is 2.16. The van der Waals surface area contributed by atoms with Crippen LogP contribution in [0.1, 0.15) is 5.56 Å². The Morgan fingerprint density at radius 1 is 1.65 bits per heavy atom. The molecule has 0 atom stereocenters. The average molecular weight is 233 g/mol. The van der Waals surface area contributed by atoms with Crippen molar-refractivity contribution in [1.82, 2.24) is 0 Å².